The lowest BCUT2D eigenvalue weighted by atomic mass is 10.0. The van der Waals surface area contributed by atoms with E-state index in [0.717, 1.165) is 24.3 Å². The summed E-state index contributed by atoms with van der Waals surface area (Å²) in [5.74, 6) is 0.680. The monoisotopic (exact) mass is 379 g/mol. The van der Waals surface area contributed by atoms with Crippen molar-refractivity contribution >= 4 is 21.6 Å². The Morgan fingerprint density at radius 1 is 1.15 bits per heavy atom. The van der Waals surface area contributed by atoms with Gasteiger partial charge in [-0.3, -0.25) is 4.90 Å². The summed E-state index contributed by atoms with van der Waals surface area (Å²) in [6, 6.07) is 5.25. The molecule has 0 unspecified atom stereocenters. The molecule has 7 heteroatoms. The number of carbonyl (C=O) groups is 1. The van der Waals surface area contributed by atoms with Gasteiger partial charge < -0.3 is 10.2 Å². The third-order valence-electron chi connectivity index (χ3n) is 5.41. The van der Waals surface area contributed by atoms with Crippen molar-refractivity contribution in [2.24, 2.45) is 5.92 Å². The van der Waals surface area contributed by atoms with Crippen molar-refractivity contribution in [2.75, 3.05) is 36.5 Å². The normalized spacial score (nSPS) is 25.3. The fraction of sp³-hybridized carbons (Fsp3) is 0.632. The van der Waals surface area contributed by atoms with E-state index in [1.54, 1.807) is 4.90 Å². The summed E-state index contributed by atoms with van der Waals surface area (Å²) in [5.41, 5.74) is 3.04. The van der Waals surface area contributed by atoms with Crippen LogP contribution in [0.2, 0.25) is 0 Å². The Hall–Kier alpha value is -1.60. The summed E-state index contributed by atoms with van der Waals surface area (Å²) in [6.07, 6.45) is 0. The van der Waals surface area contributed by atoms with Gasteiger partial charge in [-0.25, -0.2) is 13.2 Å². The summed E-state index contributed by atoms with van der Waals surface area (Å²) in [7, 11) is -3.11. The van der Waals surface area contributed by atoms with Gasteiger partial charge in [0, 0.05) is 31.4 Å². The van der Waals surface area contributed by atoms with Crippen LogP contribution in [-0.4, -0.2) is 67.5 Å². The van der Waals surface area contributed by atoms with E-state index in [4.69, 9.17) is 0 Å². The fourth-order valence-electron chi connectivity index (χ4n) is 3.99. The number of nitrogens with zero attached hydrogens (tertiary/aromatic N) is 2. The number of anilines is 1. The molecule has 1 aromatic carbocycles. The van der Waals surface area contributed by atoms with E-state index in [1.165, 1.54) is 5.56 Å². The lowest BCUT2D eigenvalue weighted by Gasteiger charge is -2.44. The van der Waals surface area contributed by atoms with Crippen molar-refractivity contribution < 1.29 is 13.2 Å². The van der Waals surface area contributed by atoms with Crippen molar-refractivity contribution in [1.29, 1.82) is 0 Å². The lowest BCUT2D eigenvalue weighted by Crippen LogP contribution is -2.61. The zero-order valence-corrected chi connectivity index (χ0v) is 16.8. The highest BCUT2D eigenvalue weighted by molar-refractivity contribution is 7.91. The van der Waals surface area contributed by atoms with Gasteiger partial charge in [-0.05, 0) is 43.0 Å². The quantitative estimate of drug-likeness (QED) is 0.875. The molecule has 0 aromatic heterocycles. The Bertz CT molecular complexity index is 791. The molecule has 0 spiro atoms. The zero-order chi connectivity index (χ0) is 19.1. The average Bonchev–Trinajstić information content (AvgIpc) is 2.86. The number of fused-ring (bicyclic) bond motifs is 1. The SMILES string of the molecule is Cc1ccc(NC(=O)N2CCN(CC(C)C)[C@H]3CS(=O)(=O)C[C@H]32)cc1C. The number of urea groups is 1. The molecular weight excluding hydrogens is 350 g/mol. The number of carbonyl (C=O) groups excluding carboxylic acids is 1. The van der Waals surface area contributed by atoms with Crippen LogP contribution in [-0.2, 0) is 9.84 Å². The average molecular weight is 380 g/mol. The van der Waals surface area contributed by atoms with E-state index in [2.05, 4.69) is 24.1 Å². The van der Waals surface area contributed by atoms with Gasteiger partial charge in [0.25, 0.3) is 0 Å². The maximum atomic E-state index is 12.8. The molecule has 2 amide bonds. The molecule has 1 aromatic rings. The van der Waals surface area contributed by atoms with Crippen LogP contribution in [0.3, 0.4) is 0 Å². The van der Waals surface area contributed by atoms with Crippen molar-refractivity contribution in [3.05, 3.63) is 29.3 Å². The van der Waals surface area contributed by atoms with Crippen LogP contribution in [0.15, 0.2) is 18.2 Å². The summed E-state index contributed by atoms with van der Waals surface area (Å²) < 4.78 is 24.5. The highest BCUT2D eigenvalue weighted by Gasteiger charge is 2.48. The molecular formula is C19H29N3O3S. The molecule has 2 atom stereocenters. The van der Waals surface area contributed by atoms with E-state index in [1.807, 2.05) is 32.0 Å². The van der Waals surface area contributed by atoms with Crippen LogP contribution in [0.5, 0.6) is 0 Å². The molecule has 1 N–H and O–H groups in total. The second-order valence-electron chi connectivity index (χ2n) is 8.02. The first kappa shape index (κ1) is 19.2. The van der Waals surface area contributed by atoms with Crippen molar-refractivity contribution in [1.82, 2.24) is 9.80 Å². The molecule has 2 heterocycles. The van der Waals surface area contributed by atoms with Crippen LogP contribution in [0.4, 0.5) is 10.5 Å². The maximum Gasteiger partial charge on any atom is 0.322 e. The number of aryl methyl sites for hydroxylation is 2. The fourth-order valence-corrected chi connectivity index (χ4v) is 6.00. The minimum Gasteiger partial charge on any atom is -0.318 e. The van der Waals surface area contributed by atoms with E-state index < -0.39 is 9.84 Å². The Morgan fingerprint density at radius 3 is 2.50 bits per heavy atom. The van der Waals surface area contributed by atoms with E-state index in [0.29, 0.717) is 12.5 Å². The third-order valence-corrected chi connectivity index (χ3v) is 7.11. The first-order valence-corrected chi connectivity index (χ1v) is 11.1. The van der Waals surface area contributed by atoms with Gasteiger partial charge >= 0.3 is 6.03 Å². The number of benzene rings is 1. The number of sulfone groups is 1. The Balaban J connectivity index is 1.77. The minimum atomic E-state index is -3.11. The van der Waals surface area contributed by atoms with Gasteiger partial charge in [0.05, 0.1) is 17.5 Å². The van der Waals surface area contributed by atoms with E-state index in [9.17, 15) is 13.2 Å². The van der Waals surface area contributed by atoms with Crippen LogP contribution in [0.1, 0.15) is 25.0 Å². The highest BCUT2D eigenvalue weighted by Crippen LogP contribution is 2.28. The van der Waals surface area contributed by atoms with Gasteiger partial charge in [-0.2, -0.15) is 0 Å². The lowest BCUT2D eigenvalue weighted by molar-refractivity contribution is 0.0625. The first-order chi connectivity index (χ1) is 12.2. The zero-order valence-electron chi connectivity index (χ0n) is 16.0. The summed E-state index contributed by atoms with van der Waals surface area (Å²) in [6.45, 7) is 10.4. The molecule has 144 valence electrons. The molecule has 6 nitrogen and oxygen atoms in total. The molecule has 2 saturated heterocycles. The van der Waals surface area contributed by atoms with Crippen LogP contribution < -0.4 is 5.32 Å². The molecule has 0 radical (unpaired) electrons. The van der Waals surface area contributed by atoms with Gasteiger partial charge in [0.15, 0.2) is 9.84 Å². The molecule has 0 aliphatic carbocycles. The van der Waals surface area contributed by atoms with Gasteiger partial charge in [0.2, 0.25) is 0 Å². The maximum absolute atomic E-state index is 12.8. The second kappa shape index (κ2) is 7.19. The van der Waals surface area contributed by atoms with Crippen LogP contribution in [0.25, 0.3) is 0 Å². The highest BCUT2D eigenvalue weighted by atomic mass is 32.2. The minimum absolute atomic E-state index is 0.0621. The van der Waals surface area contributed by atoms with Crippen molar-refractivity contribution in [3.8, 4) is 0 Å². The summed E-state index contributed by atoms with van der Waals surface area (Å²) >= 11 is 0. The Kier molecular flexibility index (Phi) is 5.30. The third kappa shape index (κ3) is 4.04. The summed E-state index contributed by atoms with van der Waals surface area (Å²) in [4.78, 5) is 16.8. The molecule has 2 fully saturated rings. The van der Waals surface area contributed by atoms with Crippen molar-refractivity contribution in [2.45, 2.75) is 39.8 Å². The van der Waals surface area contributed by atoms with Gasteiger partial charge in [-0.15, -0.1) is 0 Å². The van der Waals surface area contributed by atoms with Gasteiger partial charge in [-0.1, -0.05) is 19.9 Å². The number of piperazine rings is 1. The molecule has 26 heavy (non-hydrogen) atoms. The largest absolute Gasteiger partial charge is 0.322 e. The van der Waals surface area contributed by atoms with Gasteiger partial charge in [0.1, 0.15) is 0 Å². The van der Waals surface area contributed by atoms with Crippen LogP contribution >= 0.6 is 0 Å². The predicted molar refractivity (Wildman–Crippen MR) is 104 cm³/mol. The molecule has 2 aliphatic heterocycles. The molecule has 0 bridgehead atoms. The Labute approximate surface area is 156 Å². The number of hydrogen-bond acceptors (Lipinski definition) is 4. The smallest absolute Gasteiger partial charge is 0.318 e. The summed E-state index contributed by atoms with van der Waals surface area (Å²) in [5, 5.41) is 2.95. The van der Waals surface area contributed by atoms with E-state index >= 15 is 0 Å². The topological polar surface area (TPSA) is 69.7 Å². The van der Waals surface area contributed by atoms with E-state index in [-0.39, 0.29) is 29.6 Å². The molecule has 0 saturated carbocycles. The second-order valence-corrected chi connectivity index (χ2v) is 10.2. The number of hydrogen-bond donors (Lipinski definition) is 1. The molecule has 2 aliphatic rings. The van der Waals surface area contributed by atoms with Crippen molar-refractivity contribution in [3.63, 3.8) is 0 Å². The number of nitrogens with one attached hydrogen (secondary N) is 1. The molecule has 3 rings (SSSR count). The standard InChI is InChI=1S/C19H29N3O3S/c1-13(2)10-21-7-8-22(18-12-26(24,25)11-17(18)21)19(23)20-16-6-5-14(3)15(4)9-16/h5-6,9,13,17-18H,7-8,10-12H2,1-4H3,(H,20,23)/t17-,18+/m0/s1. The van der Waals surface area contributed by atoms with Crippen LogP contribution in [0, 0.1) is 19.8 Å². The first-order valence-electron chi connectivity index (χ1n) is 9.25. The Morgan fingerprint density at radius 2 is 1.85 bits per heavy atom. The predicted octanol–water partition coefficient (Wildman–Crippen LogP) is 2.27. The number of rotatable bonds is 3. The number of amides is 2.